The minimum Gasteiger partial charge on any atom is -0.315 e. The lowest BCUT2D eigenvalue weighted by molar-refractivity contribution is 0.0915. The Kier molecular flexibility index (Phi) is 6.93. The fourth-order valence-electron chi connectivity index (χ4n) is 2.68. The van der Waals surface area contributed by atoms with Crippen LogP contribution in [0.4, 0.5) is 0 Å². The molecule has 0 aromatic carbocycles. The van der Waals surface area contributed by atoms with E-state index in [-0.39, 0.29) is 5.54 Å². The molecule has 0 bridgehead atoms. The summed E-state index contributed by atoms with van der Waals surface area (Å²) in [5.74, 6) is 0. The molecule has 1 unspecified atom stereocenters. The van der Waals surface area contributed by atoms with Gasteiger partial charge in [0.2, 0.25) is 0 Å². The highest BCUT2D eigenvalue weighted by atomic mass is 15.2. The maximum Gasteiger partial charge on any atom is 0.0354 e. The Hall–Kier alpha value is -0.340. The van der Waals surface area contributed by atoms with Crippen LogP contribution in [-0.2, 0) is 0 Å². The number of hydrogen-bond donors (Lipinski definition) is 1. The van der Waals surface area contributed by atoms with Crippen molar-refractivity contribution in [2.24, 2.45) is 0 Å². The molecule has 2 heteroatoms. The highest BCUT2D eigenvalue weighted by Gasteiger charge is 2.36. The first kappa shape index (κ1) is 15.7. The van der Waals surface area contributed by atoms with E-state index < -0.39 is 0 Å². The lowest BCUT2D eigenvalue weighted by Gasteiger charge is -2.45. The van der Waals surface area contributed by atoms with Crippen LogP contribution in [0.2, 0.25) is 0 Å². The molecule has 0 aliphatic carbocycles. The molecule has 0 aromatic heterocycles. The van der Waals surface area contributed by atoms with Crippen molar-refractivity contribution in [1.29, 1.82) is 0 Å². The summed E-state index contributed by atoms with van der Waals surface area (Å²) in [7, 11) is 6.44. The van der Waals surface area contributed by atoms with E-state index >= 15 is 0 Å². The standard InChI is InChI=1S/C14H30N2/c1-8-12(4)11-13(15-5)14(9-2,10-3)16(6)7/h13,15H,4,8-11H2,1-3,5-7H3. The van der Waals surface area contributed by atoms with Crippen LogP contribution < -0.4 is 5.32 Å². The second kappa shape index (κ2) is 7.08. The van der Waals surface area contributed by atoms with Gasteiger partial charge in [-0.1, -0.05) is 32.9 Å². The largest absolute Gasteiger partial charge is 0.315 e. The van der Waals surface area contributed by atoms with Crippen molar-refractivity contribution >= 4 is 0 Å². The van der Waals surface area contributed by atoms with Crippen LogP contribution in [0.1, 0.15) is 46.5 Å². The van der Waals surface area contributed by atoms with Gasteiger partial charge in [0.25, 0.3) is 0 Å². The van der Waals surface area contributed by atoms with Gasteiger partial charge in [0, 0.05) is 11.6 Å². The molecule has 96 valence electrons. The van der Waals surface area contributed by atoms with Gasteiger partial charge in [0.1, 0.15) is 0 Å². The van der Waals surface area contributed by atoms with Crippen LogP contribution >= 0.6 is 0 Å². The van der Waals surface area contributed by atoms with Crippen molar-refractivity contribution in [3.05, 3.63) is 12.2 Å². The smallest absolute Gasteiger partial charge is 0.0354 e. The normalized spacial score (nSPS) is 14.2. The molecule has 0 amide bonds. The van der Waals surface area contributed by atoms with Crippen LogP contribution in [0.3, 0.4) is 0 Å². The molecular weight excluding hydrogens is 196 g/mol. The molecule has 0 spiro atoms. The second-order valence-corrected chi connectivity index (χ2v) is 4.85. The fraction of sp³-hybridized carbons (Fsp3) is 0.857. The van der Waals surface area contributed by atoms with Crippen molar-refractivity contribution < 1.29 is 0 Å². The summed E-state index contributed by atoms with van der Waals surface area (Å²) in [5, 5.41) is 3.49. The maximum atomic E-state index is 4.14. The molecule has 0 rings (SSSR count). The highest BCUT2D eigenvalue weighted by molar-refractivity contribution is 5.05. The van der Waals surface area contributed by atoms with E-state index in [1.165, 1.54) is 18.4 Å². The average molecular weight is 226 g/mol. The van der Waals surface area contributed by atoms with Gasteiger partial charge in [-0.3, -0.25) is 0 Å². The van der Waals surface area contributed by atoms with Gasteiger partial charge in [-0.15, -0.1) is 0 Å². The number of nitrogens with one attached hydrogen (secondary N) is 1. The molecule has 0 saturated carbocycles. The predicted molar refractivity (Wildman–Crippen MR) is 73.9 cm³/mol. The van der Waals surface area contributed by atoms with E-state index in [1.54, 1.807) is 0 Å². The van der Waals surface area contributed by atoms with Gasteiger partial charge in [-0.25, -0.2) is 0 Å². The molecule has 0 aromatic rings. The first-order valence-electron chi connectivity index (χ1n) is 6.49. The number of hydrogen-bond acceptors (Lipinski definition) is 2. The molecular formula is C14H30N2. The molecule has 0 aliphatic rings. The molecule has 0 aliphatic heterocycles. The Morgan fingerprint density at radius 2 is 1.75 bits per heavy atom. The van der Waals surface area contributed by atoms with Crippen LogP contribution in [0, 0.1) is 0 Å². The van der Waals surface area contributed by atoms with Gasteiger partial charge in [-0.05, 0) is 46.8 Å². The third-order valence-corrected chi connectivity index (χ3v) is 4.11. The zero-order chi connectivity index (χ0) is 12.8. The molecule has 0 radical (unpaired) electrons. The third-order valence-electron chi connectivity index (χ3n) is 4.11. The predicted octanol–water partition coefficient (Wildman–Crippen LogP) is 3.05. The zero-order valence-electron chi connectivity index (χ0n) is 12.1. The van der Waals surface area contributed by atoms with Crippen LogP contribution in [0.5, 0.6) is 0 Å². The summed E-state index contributed by atoms with van der Waals surface area (Å²) >= 11 is 0. The Balaban J connectivity index is 4.91. The second-order valence-electron chi connectivity index (χ2n) is 4.85. The van der Waals surface area contributed by atoms with Gasteiger partial charge in [0.05, 0.1) is 0 Å². The summed E-state index contributed by atoms with van der Waals surface area (Å²) in [5.41, 5.74) is 1.58. The Bertz CT molecular complexity index is 205. The summed E-state index contributed by atoms with van der Waals surface area (Å²) in [4.78, 5) is 2.37. The SMILES string of the molecule is C=C(CC)CC(NC)C(CC)(CC)N(C)C. The molecule has 2 nitrogen and oxygen atoms in total. The van der Waals surface area contributed by atoms with Crippen LogP contribution in [0.15, 0.2) is 12.2 Å². The molecule has 0 fully saturated rings. The van der Waals surface area contributed by atoms with Crippen molar-refractivity contribution in [1.82, 2.24) is 10.2 Å². The monoisotopic (exact) mass is 226 g/mol. The Labute approximate surface area is 102 Å². The minimum absolute atomic E-state index is 0.243. The number of nitrogens with zero attached hydrogens (tertiary/aromatic N) is 1. The van der Waals surface area contributed by atoms with Gasteiger partial charge in [-0.2, -0.15) is 0 Å². The Morgan fingerprint density at radius 1 is 1.25 bits per heavy atom. The fourth-order valence-corrected chi connectivity index (χ4v) is 2.68. The molecule has 0 saturated heterocycles. The topological polar surface area (TPSA) is 15.3 Å². The van der Waals surface area contributed by atoms with E-state index in [9.17, 15) is 0 Å². The average Bonchev–Trinajstić information content (AvgIpc) is 2.28. The van der Waals surface area contributed by atoms with Crippen molar-refractivity contribution in [2.45, 2.75) is 58.0 Å². The van der Waals surface area contributed by atoms with Crippen molar-refractivity contribution in [3.63, 3.8) is 0 Å². The van der Waals surface area contributed by atoms with Crippen molar-refractivity contribution in [2.75, 3.05) is 21.1 Å². The van der Waals surface area contributed by atoms with Crippen molar-refractivity contribution in [3.8, 4) is 0 Å². The zero-order valence-corrected chi connectivity index (χ0v) is 12.1. The number of rotatable bonds is 8. The van der Waals surface area contributed by atoms with E-state index in [4.69, 9.17) is 0 Å². The number of likely N-dealkylation sites (N-methyl/N-ethyl adjacent to an activating group) is 2. The summed E-state index contributed by atoms with van der Waals surface area (Å²) in [6, 6.07) is 0.491. The summed E-state index contributed by atoms with van der Waals surface area (Å²) in [6.45, 7) is 10.9. The third kappa shape index (κ3) is 3.33. The lowest BCUT2D eigenvalue weighted by Crippen LogP contribution is -2.57. The van der Waals surface area contributed by atoms with E-state index in [0.29, 0.717) is 6.04 Å². The molecule has 0 heterocycles. The van der Waals surface area contributed by atoms with Crippen LogP contribution in [-0.4, -0.2) is 37.6 Å². The maximum absolute atomic E-state index is 4.14. The molecule has 1 atom stereocenters. The van der Waals surface area contributed by atoms with Crippen LogP contribution in [0.25, 0.3) is 0 Å². The highest BCUT2D eigenvalue weighted by Crippen LogP contribution is 2.29. The van der Waals surface area contributed by atoms with E-state index in [0.717, 1.165) is 12.8 Å². The first-order valence-corrected chi connectivity index (χ1v) is 6.49. The van der Waals surface area contributed by atoms with Gasteiger partial charge in [0.15, 0.2) is 0 Å². The molecule has 16 heavy (non-hydrogen) atoms. The van der Waals surface area contributed by atoms with E-state index in [1.807, 2.05) is 0 Å². The van der Waals surface area contributed by atoms with Gasteiger partial charge < -0.3 is 10.2 Å². The summed E-state index contributed by atoms with van der Waals surface area (Å²) in [6.07, 6.45) is 4.49. The minimum atomic E-state index is 0.243. The quantitative estimate of drug-likeness (QED) is 0.640. The molecule has 1 N–H and O–H groups in total. The van der Waals surface area contributed by atoms with E-state index in [2.05, 4.69) is 58.7 Å². The summed E-state index contributed by atoms with van der Waals surface area (Å²) < 4.78 is 0. The lowest BCUT2D eigenvalue weighted by atomic mass is 9.80. The first-order chi connectivity index (χ1) is 7.48. The Morgan fingerprint density at radius 3 is 2.00 bits per heavy atom. The van der Waals surface area contributed by atoms with Gasteiger partial charge >= 0.3 is 0 Å².